The Morgan fingerprint density at radius 1 is 0.931 bits per heavy atom. The molecule has 0 aliphatic rings. The van der Waals surface area contributed by atoms with Crippen molar-refractivity contribution >= 4 is 33.4 Å². The number of aromatic nitrogens is 7. The lowest BCUT2D eigenvalue weighted by molar-refractivity contribution is 0.657. The van der Waals surface area contributed by atoms with Crippen LogP contribution >= 0.6 is 11.3 Å². The van der Waals surface area contributed by atoms with E-state index in [-0.39, 0.29) is 5.13 Å². The highest BCUT2D eigenvalue weighted by molar-refractivity contribution is 7.14. The van der Waals surface area contributed by atoms with Crippen LogP contribution in [0.4, 0.5) is 4.39 Å². The number of aromatic amines is 3. The fraction of sp³-hybridized carbons (Fsp3) is 0. The molecule has 0 fully saturated rings. The van der Waals surface area contributed by atoms with Gasteiger partial charge in [0.25, 0.3) is 0 Å². The van der Waals surface area contributed by atoms with Gasteiger partial charge in [0.05, 0.1) is 11.9 Å². The lowest BCUT2D eigenvalue weighted by Crippen LogP contribution is -1.82. The second kappa shape index (κ2) is 6.08. The molecule has 29 heavy (non-hydrogen) atoms. The number of hydrogen-bond donors (Lipinski definition) is 3. The van der Waals surface area contributed by atoms with Gasteiger partial charge in [0.2, 0.25) is 0 Å². The number of fused-ring (bicyclic) bond motifs is 2. The number of pyridine rings is 2. The summed E-state index contributed by atoms with van der Waals surface area (Å²) in [7, 11) is 0. The summed E-state index contributed by atoms with van der Waals surface area (Å²) >= 11 is 1.12. The molecular formula is C20H12FN7S. The van der Waals surface area contributed by atoms with Gasteiger partial charge in [-0.2, -0.15) is 14.6 Å². The second-order valence-corrected chi connectivity index (χ2v) is 7.62. The molecule has 6 heterocycles. The summed E-state index contributed by atoms with van der Waals surface area (Å²) in [5.41, 5.74) is 5.81. The van der Waals surface area contributed by atoms with E-state index in [4.69, 9.17) is 0 Å². The number of halogens is 1. The van der Waals surface area contributed by atoms with Crippen LogP contribution < -0.4 is 0 Å². The molecule has 3 N–H and O–H groups in total. The zero-order chi connectivity index (χ0) is 19.4. The molecule has 0 saturated heterocycles. The summed E-state index contributed by atoms with van der Waals surface area (Å²) in [6.45, 7) is 0. The highest BCUT2D eigenvalue weighted by Gasteiger charge is 2.16. The third-order valence-corrected chi connectivity index (χ3v) is 5.78. The SMILES string of the molecule is Fc1ccc(-c2ccnc3[nH]c(-c4n[nH]c5ncc(-c6cn[nH]c6)cc45)cc23)s1. The van der Waals surface area contributed by atoms with E-state index in [0.29, 0.717) is 5.65 Å². The van der Waals surface area contributed by atoms with E-state index < -0.39 is 0 Å². The van der Waals surface area contributed by atoms with E-state index in [1.165, 1.54) is 6.07 Å². The quantitative estimate of drug-likeness (QED) is 0.398. The van der Waals surface area contributed by atoms with Crippen molar-refractivity contribution in [3.05, 3.63) is 60.3 Å². The molecule has 0 atom stereocenters. The van der Waals surface area contributed by atoms with Gasteiger partial charge in [0, 0.05) is 50.9 Å². The van der Waals surface area contributed by atoms with Crippen LogP contribution in [0.25, 0.3) is 55.0 Å². The highest BCUT2D eigenvalue weighted by Crippen LogP contribution is 2.36. The van der Waals surface area contributed by atoms with Crippen LogP contribution in [0.1, 0.15) is 0 Å². The Morgan fingerprint density at radius 3 is 2.72 bits per heavy atom. The van der Waals surface area contributed by atoms with Crippen LogP contribution in [0.2, 0.25) is 0 Å². The maximum absolute atomic E-state index is 13.5. The molecule has 0 unspecified atom stereocenters. The Kier molecular flexibility index (Phi) is 3.38. The Balaban J connectivity index is 1.53. The molecule has 6 rings (SSSR count). The topological polar surface area (TPSA) is 98.9 Å². The van der Waals surface area contributed by atoms with E-state index in [1.807, 2.05) is 24.4 Å². The van der Waals surface area contributed by atoms with Crippen LogP contribution in [-0.4, -0.2) is 35.3 Å². The molecule has 140 valence electrons. The van der Waals surface area contributed by atoms with Crippen molar-refractivity contribution in [1.82, 2.24) is 35.3 Å². The zero-order valence-corrected chi connectivity index (χ0v) is 15.6. The summed E-state index contributed by atoms with van der Waals surface area (Å²) in [6, 6.07) is 9.18. The summed E-state index contributed by atoms with van der Waals surface area (Å²) < 4.78 is 13.5. The van der Waals surface area contributed by atoms with Gasteiger partial charge in [0.15, 0.2) is 10.8 Å². The number of nitrogens with one attached hydrogen (secondary N) is 3. The van der Waals surface area contributed by atoms with Crippen LogP contribution in [-0.2, 0) is 0 Å². The molecule has 6 aromatic rings. The zero-order valence-electron chi connectivity index (χ0n) is 14.8. The first-order valence-electron chi connectivity index (χ1n) is 8.83. The maximum atomic E-state index is 13.5. The fourth-order valence-electron chi connectivity index (χ4n) is 3.50. The van der Waals surface area contributed by atoms with E-state index in [0.717, 1.165) is 60.7 Å². The number of hydrogen-bond acceptors (Lipinski definition) is 5. The fourth-order valence-corrected chi connectivity index (χ4v) is 4.27. The smallest absolute Gasteiger partial charge is 0.176 e. The van der Waals surface area contributed by atoms with Crippen LogP contribution in [0.5, 0.6) is 0 Å². The van der Waals surface area contributed by atoms with Gasteiger partial charge >= 0.3 is 0 Å². The average molecular weight is 401 g/mol. The molecule has 0 bridgehead atoms. The third kappa shape index (κ3) is 2.55. The number of H-pyrrole nitrogens is 3. The lowest BCUT2D eigenvalue weighted by atomic mass is 10.1. The normalized spacial score (nSPS) is 11.6. The van der Waals surface area contributed by atoms with Crippen molar-refractivity contribution in [3.8, 4) is 33.0 Å². The first-order chi connectivity index (χ1) is 14.3. The van der Waals surface area contributed by atoms with Gasteiger partial charge in [-0.25, -0.2) is 9.97 Å². The largest absolute Gasteiger partial charge is 0.338 e. The Labute approximate surface area is 166 Å². The van der Waals surface area contributed by atoms with Crippen molar-refractivity contribution in [2.45, 2.75) is 0 Å². The van der Waals surface area contributed by atoms with Crippen molar-refractivity contribution in [1.29, 1.82) is 0 Å². The van der Waals surface area contributed by atoms with Gasteiger partial charge in [-0.3, -0.25) is 10.2 Å². The van der Waals surface area contributed by atoms with Gasteiger partial charge in [0.1, 0.15) is 11.3 Å². The predicted molar refractivity (Wildman–Crippen MR) is 110 cm³/mol. The minimum atomic E-state index is -0.211. The minimum Gasteiger partial charge on any atom is -0.338 e. The van der Waals surface area contributed by atoms with E-state index in [1.54, 1.807) is 24.7 Å². The standard InChI is InChI=1S/C20H12FN7S/c21-17-2-1-16(29-17)12-3-4-22-19-13(12)6-15(26-19)18-14-5-10(11-8-24-25-9-11)7-23-20(14)28-27-18/h1-9H,(H,22,26)(H,24,25)(H,23,27,28). The molecule has 7 nitrogen and oxygen atoms in total. The average Bonchev–Trinajstić information content (AvgIpc) is 3.51. The predicted octanol–water partition coefficient (Wildman–Crippen LogP) is 4.76. The maximum Gasteiger partial charge on any atom is 0.176 e. The summed E-state index contributed by atoms with van der Waals surface area (Å²) in [5, 5.41) is 15.9. The molecule has 0 spiro atoms. The van der Waals surface area contributed by atoms with Crippen molar-refractivity contribution < 1.29 is 4.39 Å². The molecule has 0 aliphatic heterocycles. The van der Waals surface area contributed by atoms with Crippen molar-refractivity contribution in [3.63, 3.8) is 0 Å². The molecule has 0 amide bonds. The van der Waals surface area contributed by atoms with Gasteiger partial charge < -0.3 is 4.98 Å². The van der Waals surface area contributed by atoms with Gasteiger partial charge in [-0.1, -0.05) is 0 Å². The van der Waals surface area contributed by atoms with Gasteiger partial charge in [-0.15, -0.1) is 11.3 Å². The lowest BCUT2D eigenvalue weighted by Gasteiger charge is -1.98. The molecule has 0 aromatic carbocycles. The molecular weight excluding hydrogens is 389 g/mol. The first kappa shape index (κ1) is 16.1. The van der Waals surface area contributed by atoms with Crippen LogP contribution in [0.15, 0.2) is 55.1 Å². The van der Waals surface area contributed by atoms with Gasteiger partial charge in [-0.05, 0) is 30.3 Å². The van der Waals surface area contributed by atoms with Crippen molar-refractivity contribution in [2.75, 3.05) is 0 Å². The van der Waals surface area contributed by atoms with Crippen LogP contribution in [0.3, 0.4) is 0 Å². The molecule has 0 aliphatic carbocycles. The van der Waals surface area contributed by atoms with E-state index in [2.05, 4.69) is 35.3 Å². The summed E-state index contributed by atoms with van der Waals surface area (Å²) in [6.07, 6.45) is 7.08. The van der Waals surface area contributed by atoms with E-state index in [9.17, 15) is 4.39 Å². The van der Waals surface area contributed by atoms with Crippen LogP contribution in [0, 0.1) is 5.13 Å². The number of nitrogens with zero attached hydrogens (tertiary/aromatic N) is 4. The first-order valence-corrected chi connectivity index (χ1v) is 9.65. The summed E-state index contributed by atoms with van der Waals surface area (Å²) in [5.74, 6) is 0. The molecule has 9 heteroatoms. The summed E-state index contributed by atoms with van der Waals surface area (Å²) in [4.78, 5) is 13.1. The molecule has 0 saturated carbocycles. The molecule has 0 radical (unpaired) electrons. The number of rotatable bonds is 3. The monoisotopic (exact) mass is 401 g/mol. The second-order valence-electron chi connectivity index (χ2n) is 6.59. The van der Waals surface area contributed by atoms with Crippen molar-refractivity contribution in [2.24, 2.45) is 0 Å². The number of thiophene rings is 1. The minimum absolute atomic E-state index is 0.211. The highest BCUT2D eigenvalue weighted by atomic mass is 32.1. The Morgan fingerprint density at radius 2 is 1.90 bits per heavy atom. The molecule has 6 aromatic heterocycles. The third-order valence-electron chi connectivity index (χ3n) is 4.87. The Bertz CT molecular complexity index is 1480. The Hall–Kier alpha value is -3.85. The van der Waals surface area contributed by atoms with E-state index >= 15 is 0 Å².